The topological polar surface area (TPSA) is 96.9 Å². The van der Waals surface area contributed by atoms with Crippen LogP contribution in [0.15, 0.2) is 82.8 Å². The van der Waals surface area contributed by atoms with E-state index >= 15 is 0 Å². The second kappa shape index (κ2) is 9.23. The number of hydrogen-bond donors (Lipinski definition) is 2. The number of sulfonamides is 1. The summed E-state index contributed by atoms with van der Waals surface area (Å²) in [5.41, 5.74) is 4.82. The van der Waals surface area contributed by atoms with Gasteiger partial charge in [0.15, 0.2) is 0 Å². The first-order chi connectivity index (χ1) is 14.4. The second-order valence-corrected chi connectivity index (χ2v) is 8.12. The molecule has 2 N–H and O–H groups in total. The minimum Gasteiger partial charge on any atom is -0.496 e. The fourth-order valence-corrected chi connectivity index (χ4v) is 3.68. The number of hydrogen-bond acceptors (Lipinski definition) is 5. The maximum Gasteiger partial charge on any atom is 0.271 e. The molecule has 30 heavy (non-hydrogen) atoms. The van der Waals surface area contributed by atoms with Gasteiger partial charge in [0.05, 0.1) is 18.2 Å². The van der Waals surface area contributed by atoms with Crippen molar-refractivity contribution in [3.8, 4) is 5.75 Å². The number of carbonyl (C=O) groups excluding carboxylic acids is 1. The smallest absolute Gasteiger partial charge is 0.271 e. The van der Waals surface area contributed by atoms with Crippen LogP contribution in [0.1, 0.15) is 21.5 Å². The van der Waals surface area contributed by atoms with E-state index in [1.165, 1.54) is 30.5 Å². The van der Waals surface area contributed by atoms with E-state index in [4.69, 9.17) is 4.74 Å². The summed E-state index contributed by atoms with van der Waals surface area (Å²) in [6.45, 7) is 1.88. The van der Waals surface area contributed by atoms with Crippen molar-refractivity contribution in [2.75, 3.05) is 11.8 Å². The van der Waals surface area contributed by atoms with E-state index in [1.807, 2.05) is 25.1 Å². The first kappa shape index (κ1) is 21.1. The van der Waals surface area contributed by atoms with Gasteiger partial charge in [-0.15, -0.1) is 0 Å². The summed E-state index contributed by atoms with van der Waals surface area (Å²) in [6.07, 6.45) is 1.49. The van der Waals surface area contributed by atoms with E-state index in [-0.39, 0.29) is 4.90 Å². The molecule has 3 aromatic rings. The molecule has 8 heteroatoms. The van der Waals surface area contributed by atoms with Crippen molar-refractivity contribution in [1.29, 1.82) is 0 Å². The molecule has 0 fully saturated rings. The van der Waals surface area contributed by atoms with Gasteiger partial charge in [0.25, 0.3) is 15.9 Å². The zero-order valence-electron chi connectivity index (χ0n) is 16.5. The van der Waals surface area contributed by atoms with E-state index in [1.54, 1.807) is 37.4 Å². The molecular formula is C22H21N3O4S. The number of nitrogens with one attached hydrogen (secondary N) is 2. The Balaban J connectivity index is 1.64. The monoisotopic (exact) mass is 423 g/mol. The molecule has 0 aliphatic carbocycles. The molecule has 7 nitrogen and oxygen atoms in total. The lowest BCUT2D eigenvalue weighted by molar-refractivity contribution is 0.0955. The molecule has 0 aromatic heterocycles. The van der Waals surface area contributed by atoms with Crippen molar-refractivity contribution in [3.63, 3.8) is 0 Å². The van der Waals surface area contributed by atoms with E-state index in [0.29, 0.717) is 17.0 Å². The number of nitrogens with zero attached hydrogens (tertiary/aromatic N) is 1. The summed E-state index contributed by atoms with van der Waals surface area (Å²) in [6, 6.07) is 19.9. The Bertz CT molecular complexity index is 1160. The molecule has 1 amide bonds. The highest BCUT2D eigenvalue weighted by molar-refractivity contribution is 7.92. The summed E-state index contributed by atoms with van der Waals surface area (Å²) in [5.74, 6) is 0.217. The highest BCUT2D eigenvalue weighted by atomic mass is 32.2. The summed E-state index contributed by atoms with van der Waals surface area (Å²) in [5, 5.41) is 3.94. The number of aryl methyl sites for hydroxylation is 1. The van der Waals surface area contributed by atoms with Gasteiger partial charge in [-0.2, -0.15) is 5.10 Å². The Morgan fingerprint density at radius 3 is 2.30 bits per heavy atom. The molecule has 0 unspecified atom stereocenters. The van der Waals surface area contributed by atoms with Gasteiger partial charge in [-0.3, -0.25) is 9.52 Å². The number of amides is 1. The molecule has 0 aliphatic heterocycles. The molecule has 0 radical (unpaired) electrons. The van der Waals surface area contributed by atoms with Gasteiger partial charge >= 0.3 is 0 Å². The van der Waals surface area contributed by atoms with Crippen molar-refractivity contribution in [1.82, 2.24) is 5.43 Å². The van der Waals surface area contributed by atoms with Crippen LogP contribution in [-0.2, 0) is 10.0 Å². The first-order valence-corrected chi connectivity index (χ1v) is 10.5. The van der Waals surface area contributed by atoms with Crippen LogP contribution in [0.4, 0.5) is 5.69 Å². The minimum atomic E-state index is -3.70. The summed E-state index contributed by atoms with van der Waals surface area (Å²) in [7, 11) is -2.15. The van der Waals surface area contributed by atoms with E-state index < -0.39 is 15.9 Å². The number of hydrazone groups is 1. The number of methoxy groups -OCH3 is 1. The van der Waals surface area contributed by atoms with Crippen LogP contribution in [0.2, 0.25) is 0 Å². The molecule has 0 saturated carbocycles. The molecule has 0 saturated heterocycles. The highest BCUT2D eigenvalue weighted by Gasteiger charge is 2.14. The SMILES string of the molecule is COc1ccccc1/C=N/NC(=O)c1ccc(NS(=O)(=O)c2ccc(C)cc2)cc1. The Hall–Kier alpha value is -3.65. The fraction of sp³-hybridized carbons (Fsp3) is 0.0909. The molecule has 154 valence electrons. The third-order valence-electron chi connectivity index (χ3n) is 4.24. The van der Waals surface area contributed by atoms with Gasteiger partial charge in [-0.05, 0) is 55.5 Å². The van der Waals surface area contributed by atoms with Crippen LogP contribution in [0.3, 0.4) is 0 Å². The normalized spacial score (nSPS) is 11.3. The molecule has 0 aliphatic rings. The van der Waals surface area contributed by atoms with Crippen LogP contribution in [0, 0.1) is 6.92 Å². The van der Waals surface area contributed by atoms with E-state index in [0.717, 1.165) is 11.1 Å². The Morgan fingerprint density at radius 1 is 0.967 bits per heavy atom. The van der Waals surface area contributed by atoms with Crippen LogP contribution in [0.5, 0.6) is 5.75 Å². The lowest BCUT2D eigenvalue weighted by atomic mass is 10.2. The Kier molecular flexibility index (Phi) is 6.48. The number of ether oxygens (including phenoxy) is 1. The van der Waals surface area contributed by atoms with E-state index in [9.17, 15) is 13.2 Å². The molecule has 0 spiro atoms. The van der Waals surface area contributed by atoms with Crippen molar-refractivity contribution in [3.05, 3.63) is 89.5 Å². The predicted octanol–water partition coefficient (Wildman–Crippen LogP) is 3.57. The average molecular weight is 423 g/mol. The van der Waals surface area contributed by atoms with Crippen molar-refractivity contribution < 1.29 is 17.9 Å². The summed E-state index contributed by atoms with van der Waals surface area (Å²) < 4.78 is 32.6. The van der Waals surface area contributed by atoms with Crippen LogP contribution < -0.4 is 14.9 Å². The lowest BCUT2D eigenvalue weighted by Gasteiger charge is -2.09. The lowest BCUT2D eigenvalue weighted by Crippen LogP contribution is -2.18. The minimum absolute atomic E-state index is 0.167. The maximum atomic E-state index is 12.4. The number of anilines is 1. The first-order valence-electron chi connectivity index (χ1n) is 9.05. The van der Waals surface area contributed by atoms with Crippen LogP contribution in [0.25, 0.3) is 0 Å². The average Bonchev–Trinajstić information content (AvgIpc) is 2.74. The molecule has 3 rings (SSSR count). The van der Waals surface area contributed by atoms with Crippen LogP contribution >= 0.6 is 0 Å². The quantitative estimate of drug-likeness (QED) is 0.448. The number of carbonyl (C=O) groups is 1. The number of benzene rings is 3. The van der Waals surface area contributed by atoms with Crippen molar-refractivity contribution in [2.45, 2.75) is 11.8 Å². The Labute approximate surface area is 175 Å². The maximum absolute atomic E-state index is 12.4. The molecule has 0 heterocycles. The zero-order valence-corrected chi connectivity index (χ0v) is 17.3. The molecule has 0 atom stereocenters. The molecular weight excluding hydrogens is 402 g/mol. The second-order valence-electron chi connectivity index (χ2n) is 6.44. The third kappa shape index (κ3) is 5.24. The standard InChI is InChI=1S/C22H21N3O4S/c1-16-7-13-20(14-8-16)30(27,28)25-19-11-9-17(10-12-19)22(26)24-23-15-18-5-3-4-6-21(18)29-2/h3-15,25H,1-2H3,(H,24,26)/b23-15+. The number of rotatable bonds is 7. The summed E-state index contributed by atoms with van der Waals surface area (Å²) in [4.78, 5) is 12.4. The van der Waals surface area contributed by atoms with Crippen molar-refractivity contribution >= 4 is 27.8 Å². The van der Waals surface area contributed by atoms with Crippen molar-refractivity contribution in [2.24, 2.45) is 5.10 Å². The largest absolute Gasteiger partial charge is 0.496 e. The number of para-hydroxylation sites is 1. The predicted molar refractivity (Wildman–Crippen MR) is 116 cm³/mol. The van der Waals surface area contributed by atoms with E-state index in [2.05, 4.69) is 15.2 Å². The highest BCUT2D eigenvalue weighted by Crippen LogP contribution is 2.17. The molecule has 0 bridgehead atoms. The van der Waals surface area contributed by atoms with Gasteiger partial charge in [-0.25, -0.2) is 13.8 Å². The van der Waals surface area contributed by atoms with Gasteiger partial charge in [-0.1, -0.05) is 29.8 Å². The zero-order chi connectivity index (χ0) is 21.6. The van der Waals surface area contributed by atoms with Gasteiger partial charge in [0, 0.05) is 16.8 Å². The fourth-order valence-electron chi connectivity index (χ4n) is 2.62. The third-order valence-corrected chi connectivity index (χ3v) is 5.64. The van der Waals surface area contributed by atoms with Gasteiger partial charge in [0.1, 0.15) is 5.75 Å². The van der Waals surface area contributed by atoms with Crippen LogP contribution in [-0.4, -0.2) is 27.6 Å². The summed E-state index contributed by atoms with van der Waals surface area (Å²) >= 11 is 0. The van der Waals surface area contributed by atoms with Gasteiger partial charge in [0.2, 0.25) is 0 Å². The Morgan fingerprint density at radius 2 is 1.63 bits per heavy atom. The van der Waals surface area contributed by atoms with Gasteiger partial charge < -0.3 is 4.74 Å². The molecule has 3 aromatic carbocycles.